The summed E-state index contributed by atoms with van der Waals surface area (Å²) in [6.07, 6.45) is 30.1. The zero-order valence-electron chi connectivity index (χ0n) is 58.0. The molecule has 2 heteroatoms. The van der Waals surface area contributed by atoms with Crippen molar-refractivity contribution in [2.45, 2.75) is 93.8 Å². The zero-order chi connectivity index (χ0) is 67.5. The van der Waals surface area contributed by atoms with Gasteiger partial charge >= 0.3 is 0 Å². The molecule has 2 nitrogen and oxygen atoms in total. The van der Waals surface area contributed by atoms with Gasteiger partial charge in [0.25, 0.3) is 0 Å². The Morgan fingerprint density at radius 1 is 0.304 bits per heavy atom. The number of rotatable bonds is 6. The highest BCUT2D eigenvalue weighted by Crippen LogP contribution is 2.67. The van der Waals surface area contributed by atoms with Crippen molar-refractivity contribution in [3.8, 4) is 89.3 Å². The smallest absolute Gasteiger partial charge is 0.0979 e. The maximum Gasteiger partial charge on any atom is 0.0979 e. The van der Waals surface area contributed by atoms with Gasteiger partial charge < -0.3 is 0 Å². The van der Waals surface area contributed by atoms with Crippen molar-refractivity contribution in [1.82, 2.24) is 9.97 Å². The molecule has 0 bridgehead atoms. The van der Waals surface area contributed by atoms with Crippen LogP contribution in [0.4, 0.5) is 0 Å². The number of hydrogen-bond acceptors (Lipinski definition) is 2. The van der Waals surface area contributed by atoms with Crippen molar-refractivity contribution < 1.29 is 0 Å². The molecule has 2 spiro atoms. The molecule has 0 fully saturated rings. The lowest BCUT2D eigenvalue weighted by Gasteiger charge is -2.36. The molecule has 10 aliphatic carbocycles. The van der Waals surface area contributed by atoms with Gasteiger partial charge in [-0.15, -0.1) is 0 Å². The molecule has 1 aromatic heterocycles. The van der Waals surface area contributed by atoms with Gasteiger partial charge in [0.2, 0.25) is 0 Å². The van der Waals surface area contributed by atoms with Crippen molar-refractivity contribution in [2.24, 2.45) is 5.92 Å². The van der Waals surface area contributed by atoms with E-state index in [1.165, 1.54) is 134 Å². The molecule has 0 aliphatic heterocycles. The third-order valence-corrected chi connectivity index (χ3v) is 26.0. The molecular weight excluding hydrogens is 1230 g/mol. The van der Waals surface area contributed by atoms with Crippen LogP contribution in [0.5, 0.6) is 0 Å². The summed E-state index contributed by atoms with van der Waals surface area (Å²) in [5.41, 5.74) is 44.9. The molecule has 0 saturated carbocycles. The van der Waals surface area contributed by atoms with Crippen molar-refractivity contribution >= 4 is 27.8 Å². The predicted octanol–water partition coefficient (Wildman–Crippen LogP) is 25.0. The second-order valence-corrected chi connectivity index (χ2v) is 31.4. The molecule has 484 valence electrons. The van der Waals surface area contributed by atoms with Gasteiger partial charge in [0.05, 0.1) is 33.3 Å². The van der Waals surface area contributed by atoms with Crippen LogP contribution in [0.3, 0.4) is 0 Å². The average Bonchev–Trinajstić information content (AvgIpc) is 1.51. The molecule has 1 heterocycles. The number of aromatic nitrogens is 2. The fourth-order valence-corrected chi connectivity index (χ4v) is 21.4. The second-order valence-electron chi connectivity index (χ2n) is 31.4. The Kier molecular flexibility index (Phi) is 12.1. The van der Waals surface area contributed by atoms with Crippen LogP contribution >= 0.6 is 0 Å². The summed E-state index contributed by atoms with van der Waals surface area (Å²) < 4.78 is 0. The van der Waals surface area contributed by atoms with Crippen LogP contribution in [0.15, 0.2) is 308 Å². The number of nitrogens with zero attached hydrogens (tertiary/aromatic N) is 2. The fraction of sp³-hybridized carbons (Fsp3) is 0.160. The molecule has 4 unspecified atom stereocenters. The van der Waals surface area contributed by atoms with Crippen molar-refractivity contribution in [3.05, 3.63) is 375 Å². The van der Waals surface area contributed by atoms with Crippen LogP contribution in [0.1, 0.15) is 139 Å². The first-order valence-electron chi connectivity index (χ1n) is 37.2. The molecule has 4 atom stereocenters. The van der Waals surface area contributed by atoms with E-state index in [4.69, 9.17) is 9.97 Å². The third-order valence-electron chi connectivity index (χ3n) is 26.0. The molecular formula is C100H74N2. The Labute approximate surface area is 597 Å². The van der Waals surface area contributed by atoms with Gasteiger partial charge in [0.1, 0.15) is 0 Å². The summed E-state index contributed by atoms with van der Waals surface area (Å²) in [6, 6.07) is 89.1. The van der Waals surface area contributed by atoms with E-state index in [1.807, 2.05) is 0 Å². The van der Waals surface area contributed by atoms with Gasteiger partial charge in [-0.2, -0.15) is 0 Å². The van der Waals surface area contributed by atoms with Gasteiger partial charge in [-0.3, -0.25) is 0 Å². The fourth-order valence-electron chi connectivity index (χ4n) is 21.4. The standard InChI is InChI=1S/C100H74N2/c1-97(2)81-29-13-5-21-69(81)77-51-47-65(57-89(77)97)67-53-54-68(66-48-52-78-70-22-6-14-30-82(70)98(3,4)90(78)58-66)96-95(67)101-93(61-41-37-59(38-42-61)63-45-49-79-75-27-11-19-35-87(75)99(91(79)55-63)83-31-15-7-23-71(83)72-24-8-16-32-84(72)99)94(102-96)62-43-39-60(40-44-62)64-46-50-80-76-28-12-20-36-88(76)100(92(80)56-64)85-33-17-9-25-73(85)74-26-10-18-34-86(74)100/h5-15,17,19,21-31,33,35,37-58,70,82H,16,18,20,32,34,36H2,1-4H3. The Bertz CT molecular complexity index is 6050. The number of benzene rings is 11. The lowest BCUT2D eigenvalue weighted by atomic mass is 9.65. The minimum absolute atomic E-state index is 0.0661. The van der Waals surface area contributed by atoms with Crippen molar-refractivity contribution in [1.29, 1.82) is 0 Å². The van der Waals surface area contributed by atoms with Gasteiger partial charge in [-0.25, -0.2) is 9.97 Å². The van der Waals surface area contributed by atoms with Crippen LogP contribution in [0.25, 0.3) is 117 Å². The van der Waals surface area contributed by atoms with E-state index in [0.29, 0.717) is 11.8 Å². The van der Waals surface area contributed by atoms with Gasteiger partial charge in [-0.05, 0) is 224 Å². The Morgan fingerprint density at radius 3 is 1.25 bits per heavy atom. The van der Waals surface area contributed by atoms with Crippen LogP contribution in [0, 0.1) is 5.92 Å². The van der Waals surface area contributed by atoms with E-state index in [1.54, 1.807) is 11.1 Å². The highest BCUT2D eigenvalue weighted by Gasteiger charge is 2.55. The second kappa shape index (κ2) is 21.1. The topological polar surface area (TPSA) is 25.8 Å². The average molecular weight is 1300 g/mol. The maximum absolute atomic E-state index is 6.13. The Balaban J connectivity index is 0.732. The molecule has 11 aromatic carbocycles. The first-order chi connectivity index (χ1) is 50.1. The van der Waals surface area contributed by atoms with E-state index < -0.39 is 0 Å². The lowest BCUT2D eigenvalue weighted by molar-refractivity contribution is 0.394. The summed E-state index contributed by atoms with van der Waals surface area (Å²) in [5.74, 6) is 0.742. The van der Waals surface area contributed by atoms with E-state index in [-0.39, 0.29) is 21.7 Å². The summed E-state index contributed by atoms with van der Waals surface area (Å²) >= 11 is 0. The number of fused-ring (bicyclic) bond motifs is 24. The van der Waals surface area contributed by atoms with Crippen molar-refractivity contribution in [2.75, 3.05) is 0 Å². The van der Waals surface area contributed by atoms with Crippen LogP contribution in [-0.4, -0.2) is 9.97 Å². The molecule has 0 saturated heterocycles. The predicted molar refractivity (Wildman–Crippen MR) is 422 cm³/mol. The first kappa shape index (κ1) is 58.5. The molecule has 0 radical (unpaired) electrons. The van der Waals surface area contributed by atoms with E-state index in [9.17, 15) is 0 Å². The third kappa shape index (κ3) is 7.69. The van der Waals surface area contributed by atoms with E-state index in [2.05, 4.69) is 319 Å². The SMILES string of the molecule is CC1(C)c2ccccc2-c2ccc(-c3ccc(-c4ccc5c(c4)C(C)(C)C4C=CC=CC54)c4nc(-c5ccc(-c6ccc7c(c6)C6(C8=C(C=CCC8)c8ccccc86)C6=C7C=CCC6)cc5)c(-c5ccc(-c6ccc7c(c6)C6(C8=C(C=CCC8)c8ccccc86)c6ccccc6-7)cc5)nc34)cc21. The van der Waals surface area contributed by atoms with Crippen LogP contribution in [-0.2, 0) is 21.7 Å². The summed E-state index contributed by atoms with van der Waals surface area (Å²) in [6.45, 7) is 9.64. The van der Waals surface area contributed by atoms with Gasteiger partial charge in [0, 0.05) is 33.6 Å². The number of hydrogen-bond donors (Lipinski definition) is 0. The maximum atomic E-state index is 6.13. The largest absolute Gasteiger partial charge is 0.243 e. The molecule has 22 rings (SSSR count). The highest BCUT2D eigenvalue weighted by molar-refractivity contribution is 6.05. The van der Waals surface area contributed by atoms with E-state index in [0.717, 1.165) is 94.3 Å². The van der Waals surface area contributed by atoms with Crippen LogP contribution in [0.2, 0.25) is 0 Å². The Morgan fingerprint density at radius 2 is 0.676 bits per heavy atom. The number of allylic oxidation sites excluding steroid dienone is 16. The lowest BCUT2D eigenvalue weighted by Crippen LogP contribution is -2.29. The summed E-state index contributed by atoms with van der Waals surface area (Å²) in [4.78, 5) is 12.3. The van der Waals surface area contributed by atoms with Crippen LogP contribution < -0.4 is 0 Å². The molecule has 0 amide bonds. The minimum Gasteiger partial charge on any atom is -0.243 e. The van der Waals surface area contributed by atoms with Gasteiger partial charge in [0.15, 0.2) is 0 Å². The normalized spacial score (nSPS) is 21.4. The van der Waals surface area contributed by atoms with Gasteiger partial charge in [-0.1, -0.05) is 301 Å². The minimum atomic E-state index is -0.351. The summed E-state index contributed by atoms with van der Waals surface area (Å²) in [7, 11) is 0. The monoisotopic (exact) mass is 1300 g/mol. The Hall–Kier alpha value is -11.3. The molecule has 12 aromatic rings. The molecule has 10 aliphatic rings. The molecule has 0 N–H and O–H groups in total. The quantitative estimate of drug-likeness (QED) is 0.166. The summed E-state index contributed by atoms with van der Waals surface area (Å²) in [5, 5.41) is 0. The first-order valence-corrected chi connectivity index (χ1v) is 37.2. The van der Waals surface area contributed by atoms with E-state index >= 15 is 0 Å². The molecule has 102 heavy (non-hydrogen) atoms. The van der Waals surface area contributed by atoms with Crippen molar-refractivity contribution in [3.63, 3.8) is 0 Å². The zero-order valence-corrected chi connectivity index (χ0v) is 58.0. The highest BCUT2D eigenvalue weighted by atomic mass is 14.8.